The first-order valence-electron chi connectivity index (χ1n) is 39.0. The van der Waals surface area contributed by atoms with Crippen LogP contribution in [0.5, 0.6) is 0 Å². The Hall–Kier alpha value is -0.710. The van der Waals surface area contributed by atoms with Gasteiger partial charge in [-0.2, -0.15) is 0 Å². The Balaban J connectivity index is 5.57. The molecule has 0 aliphatic rings. The van der Waals surface area contributed by atoms with E-state index in [4.69, 9.17) is 0 Å². The van der Waals surface area contributed by atoms with Crippen molar-refractivity contribution in [3.8, 4) is 0 Å². The molecule has 0 radical (unpaired) electrons. The van der Waals surface area contributed by atoms with E-state index in [9.17, 15) is 19.8 Å². The highest BCUT2D eigenvalue weighted by Crippen LogP contribution is 2.49. The molecule has 0 aliphatic carbocycles. The normalized spacial score (nSPS) is 13.3. The molecule has 0 saturated heterocycles. The monoisotopic (exact) mass is 1190 g/mol. The molecule has 4 nitrogen and oxygen atoms in total. The first kappa shape index (κ1) is 82.3. The minimum absolute atomic E-state index is 0.608. The highest BCUT2D eigenvalue weighted by molar-refractivity contribution is 8.03. The number of carbonyl (C=O) groups is 2. The van der Waals surface area contributed by atoms with Gasteiger partial charge in [-0.3, -0.25) is 9.59 Å². The zero-order valence-corrected chi connectivity index (χ0v) is 58.4. The molecule has 496 valence electrons. The zero-order chi connectivity index (χ0) is 60.4. The van der Waals surface area contributed by atoms with Gasteiger partial charge in [0.25, 0.3) is 0 Å². The van der Waals surface area contributed by atoms with E-state index in [0.717, 1.165) is 51.4 Å². The number of hydrogen-bond donors (Lipinski definition) is 2. The van der Waals surface area contributed by atoms with Gasteiger partial charge in [0.05, 0.1) is 0 Å². The summed E-state index contributed by atoms with van der Waals surface area (Å²) >= 11 is 1.45. The summed E-state index contributed by atoms with van der Waals surface area (Å²) in [5, 5.41) is 22.9. The molecule has 0 aromatic carbocycles. The van der Waals surface area contributed by atoms with E-state index in [0.29, 0.717) is 25.7 Å². The zero-order valence-electron chi connectivity index (χ0n) is 57.6. The Morgan fingerprint density at radius 1 is 0.193 bits per heavy atom. The number of hydrogen-bond acceptors (Lipinski definition) is 3. The van der Waals surface area contributed by atoms with Gasteiger partial charge in [-0.1, -0.05) is 451 Å². The standard InChI is InChI=1S/C78H154O4S/c1-5-9-13-17-21-25-29-33-37-41-45-49-53-57-61-65-69-73-77(75(79)80,71-67-63-59-55-51-47-43-39-35-31-27-23-19-15-11-7-3)83-78(76(81)82,72-68-64-60-56-52-48-44-40-36-32-28-24-20-16-12-8-4)74-70-66-62-58-54-50-46-42-38-34-30-26-22-18-14-10-6-2/h5-74H2,1-4H3,(H,79,80)(H,81,82). The number of carboxylic acids is 2. The second-order valence-electron chi connectivity index (χ2n) is 27.6. The lowest BCUT2D eigenvalue weighted by atomic mass is 9.92. The van der Waals surface area contributed by atoms with Gasteiger partial charge in [0.1, 0.15) is 9.49 Å². The summed E-state index contributed by atoms with van der Waals surface area (Å²) in [5.74, 6) is -1.47. The highest BCUT2D eigenvalue weighted by Gasteiger charge is 2.50. The van der Waals surface area contributed by atoms with E-state index < -0.39 is 21.4 Å². The fraction of sp³-hybridized carbons (Fsp3) is 0.974. The molecular weight excluding hydrogens is 1030 g/mol. The van der Waals surface area contributed by atoms with Crippen molar-refractivity contribution in [2.45, 2.75) is 487 Å². The number of unbranched alkanes of at least 4 members (excludes halogenated alkanes) is 62. The summed E-state index contributed by atoms with van der Waals surface area (Å²) in [6.07, 6.45) is 88.7. The largest absolute Gasteiger partial charge is 0.480 e. The van der Waals surface area contributed by atoms with Crippen molar-refractivity contribution in [2.24, 2.45) is 0 Å². The van der Waals surface area contributed by atoms with E-state index in [-0.39, 0.29) is 0 Å². The third-order valence-electron chi connectivity index (χ3n) is 19.4. The Kier molecular flexibility index (Phi) is 66.7. The van der Waals surface area contributed by atoms with Gasteiger partial charge in [0.15, 0.2) is 0 Å². The van der Waals surface area contributed by atoms with Gasteiger partial charge in [0, 0.05) is 0 Å². The minimum Gasteiger partial charge on any atom is -0.480 e. The molecule has 0 amide bonds. The fourth-order valence-electron chi connectivity index (χ4n) is 13.5. The van der Waals surface area contributed by atoms with Crippen molar-refractivity contribution >= 4 is 23.7 Å². The molecule has 0 aromatic rings. The van der Waals surface area contributed by atoms with E-state index >= 15 is 0 Å². The second-order valence-corrected chi connectivity index (χ2v) is 29.4. The van der Waals surface area contributed by atoms with Crippen LogP contribution in [-0.2, 0) is 9.59 Å². The van der Waals surface area contributed by atoms with E-state index in [1.165, 1.54) is 384 Å². The summed E-state index contributed by atoms with van der Waals surface area (Å²) in [6, 6.07) is 0. The Morgan fingerprint density at radius 3 is 0.386 bits per heavy atom. The van der Waals surface area contributed by atoms with E-state index in [1.807, 2.05) is 0 Å². The lowest BCUT2D eigenvalue weighted by Gasteiger charge is -2.39. The molecule has 2 N–H and O–H groups in total. The van der Waals surface area contributed by atoms with Gasteiger partial charge in [-0.25, -0.2) is 0 Å². The van der Waals surface area contributed by atoms with Crippen LogP contribution in [0.3, 0.4) is 0 Å². The third-order valence-corrected chi connectivity index (χ3v) is 21.4. The minimum atomic E-state index is -1.03. The van der Waals surface area contributed by atoms with Crippen LogP contribution >= 0.6 is 11.8 Å². The molecule has 2 atom stereocenters. The van der Waals surface area contributed by atoms with Crippen LogP contribution in [0.15, 0.2) is 0 Å². The average molecular weight is 1190 g/mol. The highest BCUT2D eigenvalue weighted by atomic mass is 32.2. The van der Waals surface area contributed by atoms with Crippen molar-refractivity contribution in [3.05, 3.63) is 0 Å². The third kappa shape index (κ3) is 56.3. The van der Waals surface area contributed by atoms with Gasteiger partial charge in [0.2, 0.25) is 0 Å². The smallest absolute Gasteiger partial charge is 0.319 e. The molecule has 83 heavy (non-hydrogen) atoms. The molecule has 0 bridgehead atoms. The lowest BCUT2D eigenvalue weighted by Crippen LogP contribution is -2.45. The Morgan fingerprint density at radius 2 is 0.289 bits per heavy atom. The summed E-state index contributed by atoms with van der Waals surface area (Å²) < 4.78 is -2.07. The molecule has 0 aliphatic heterocycles. The molecule has 0 rings (SSSR count). The van der Waals surface area contributed by atoms with Crippen LogP contribution in [0.2, 0.25) is 0 Å². The SMILES string of the molecule is CCCCCCCCCCCCCCCCCCCC(CCCCCCCCCCCCCCCCCC)(SC(CCCCCCCCCCCCCCCCCC)(CCCCCCCCCCCCCCCCCCC)C(=O)O)C(=O)O. The van der Waals surface area contributed by atoms with Gasteiger partial charge >= 0.3 is 11.9 Å². The summed E-state index contributed by atoms with van der Waals surface area (Å²) in [5.41, 5.74) is 0. The molecule has 0 saturated carbocycles. The predicted molar refractivity (Wildman–Crippen MR) is 374 cm³/mol. The van der Waals surface area contributed by atoms with Crippen molar-refractivity contribution < 1.29 is 19.8 Å². The number of carboxylic acid groups (broad SMARTS) is 2. The maximum atomic E-state index is 14.0. The topological polar surface area (TPSA) is 74.6 Å². The first-order chi connectivity index (χ1) is 40.8. The molecule has 2 unspecified atom stereocenters. The summed E-state index contributed by atoms with van der Waals surface area (Å²) in [4.78, 5) is 27.9. The van der Waals surface area contributed by atoms with Crippen LogP contribution in [-0.4, -0.2) is 31.6 Å². The molecule has 0 aromatic heterocycles. The van der Waals surface area contributed by atoms with Crippen LogP contribution in [0.25, 0.3) is 0 Å². The van der Waals surface area contributed by atoms with Crippen LogP contribution in [0.4, 0.5) is 0 Å². The predicted octanol–water partition coefficient (Wildman–Crippen LogP) is 28.8. The number of rotatable bonds is 74. The Labute approximate surface area is 527 Å². The van der Waals surface area contributed by atoms with Gasteiger partial charge in [-0.15, -0.1) is 11.8 Å². The van der Waals surface area contributed by atoms with Crippen molar-refractivity contribution in [1.29, 1.82) is 0 Å². The molecule has 5 heteroatoms. The van der Waals surface area contributed by atoms with E-state index in [2.05, 4.69) is 27.7 Å². The summed E-state index contributed by atoms with van der Waals surface area (Å²) in [6.45, 7) is 9.19. The Bertz CT molecular complexity index is 1180. The van der Waals surface area contributed by atoms with Crippen molar-refractivity contribution in [2.75, 3.05) is 0 Å². The van der Waals surface area contributed by atoms with Crippen LogP contribution < -0.4 is 0 Å². The van der Waals surface area contributed by atoms with E-state index in [1.54, 1.807) is 0 Å². The van der Waals surface area contributed by atoms with Crippen molar-refractivity contribution in [3.63, 3.8) is 0 Å². The van der Waals surface area contributed by atoms with Gasteiger partial charge in [-0.05, 0) is 25.7 Å². The molecule has 0 fully saturated rings. The number of aliphatic carboxylic acids is 2. The summed E-state index contributed by atoms with van der Waals surface area (Å²) in [7, 11) is 0. The fourth-order valence-corrected chi connectivity index (χ4v) is 15.4. The molecular formula is C78H154O4S. The van der Waals surface area contributed by atoms with Gasteiger partial charge < -0.3 is 10.2 Å². The van der Waals surface area contributed by atoms with Crippen molar-refractivity contribution in [1.82, 2.24) is 0 Å². The quantitative estimate of drug-likeness (QED) is 0.0594. The van der Waals surface area contributed by atoms with Crippen LogP contribution in [0.1, 0.15) is 477 Å². The molecule has 0 heterocycles. The second kappa shape index (κ2) is 67.2. The molecule has 0 spiro atoms. The number of thioether (sulfide) groups is 1. The average Bonchev–Trinajstić information content (AvgIpc) is 3.10. The maximum Gasteiger partial charge on any atom is 0.319 e. The maximum absolute atomic E-state index is 14.0. The first-order valence-corrected chi connectivity index (χ1v) is 39.8. The van der Waals surface area contributed by atoms with Crippen LogP contribution in [0, 0.1) is 0 Å². The lowest BCUT2D eigenvalue weighted by molar-refractivity contribution is -0.140.